The summed E-state index contributed by atoms with van der Waals surface area (Å²) >= 11 is 0. The van der Waals surface area contributed by atoms with Crippen LogP contribution >= 0.6 is 0 Å². The molecule has 0 spiro atoms. The molecule has 8 heteroatoms. The van der Waals surface area contributed by atoms with E-state index in [0.29, 0.717) is 53.7 Å². The lowest BCUT2D eigenvalue weighted by atomic mass is 9.75. The van der Waals surface area contributed by atoms with Crippen molar-refractivity contribution >= 4 is 5.78 Å². The van der Waals surface area contributed by atoms with Crippen LogP contribution in [0, 0.1) is 0 Å². The maximum absolute atomic E-state index is 13.4. The molecule has 2 atom stereocenters. The van der Waals surface area contributed by atoms with Gasteiger partial charge in [0.1, 0.15) is 0 Å². The molecule has 0 aromatic heterocycles. The number of methoxy groups -OCH3 is 3. The van der Waals surface area contributed by atoms with E-state index in [1.165, 1.54) is 21.3 Å². The van der Waals surface area contributed by atoms with Gasteiger partial charge in [0.25, 0.3) is 0 Å². The third-order valence-electron chi connectivity index (χ3n) is 6.12. The molecule has 2 aliphatic rings. The second-order valence-electron chi connectivity index (χ2n) is 7.74. The highest BCUT2D eigenvalue weighted by molar-refractivity contribution is 6.01. The molecule has 166 valence electrons. The summed E-state index contributed by atoms with van der Waals surface area (Å²) in [7, 11) is 4.56. The average Bonchev–Trinajstić information content (AvgIpc) is 3.45. The van der Waals surface area contributed by atoms with Gasteiger partial charge in [-0.15, -0.1) is 0 Å². The van der Waals surface area contributed by atoms with Gasteiger partial charge in [-0.25, -0.2) is 0 Å². The molecule has 0 bridgehead atoms. The van der Waals surface area contributed by atoms with Crippen molar-refractivity contribution in [1.82, 2.24) is 5.32 Å². The third-order valence-corrected chi connectivity index (χ3v) is 6.12. The number of benzene rings is 2. The molecule has 4 rings (SSSR count). The Hall–Kier alpha value is -2.97. The number of carbonyl (C=O) groups excluding carboxylic acids is 1. The van der Waals surface area contributed by atoms with E-state index < -0.39 is 11.5 Å². The van der Waals surface area contributed by atoms with E-state index in [1.54, 1.807) is 12.1 Å². The first-order chi connectivity index (χ1) is 15.0. The molecule has 2 unspecified atom stereocenters. The summed E-state index contributed by atoms with van der Waals surface area (Å²) < 4.78 is 27.1. The van der Waals surface area contributed by atoms with Crippen LogP contribution in [0.25, 0.3) is 0 Å². The van der Waals surface area contributed by atoms with Gasteiger partial charge in [0.2, 0.25) is 12.5 Å². The zero-order valence-electron chi connectivity index (χ0n) is 17.9. The van der Waals surface area contributed by atoms with E-state index in [1.807, 2.05) is 18.2 Å². The SMILES string of the molecule is COc1cc(C(=O)C2CC(CCO)(c3ccc4c(c3)OCO4)CN2)cc(OC)c1OC. The quantitative estimate of drug-likeness (QED) is 0.618. The van der Waals surface area contributed by atoms with Gasteiger partial charge in [-0.3, -0.25) is 4.79 Å². The van der Waals surface area contributed by atoms with Crippen LogP contribution < -0.4 is 29.0 Å². The van der Waals surface area contributed by atoms with Crippen LogP contribution in [0.5, 0.6) is 28.7 Å². The summed E-state index contributed by atoms with van der Waals surface area (Å²) in [5.74, 6) is 2.63. The standard InChI is InChI=1S/C23H27NO7/c1-27-19-8-14(9-20(28-2)22(19)29-3)21(26)16-11-23(6-7-25,12-24-16)15-4-5-17-18(10-15)31-13-30-17/h4-5,8-10,16,24-25H,6-7,11-13H2,1-3H3. The van der Waals surface area contributed by atoms with Gasteiger partial charge in [-0.1, -0.05) is 6.07 Å². The first kappa shape index (κ1) is 21.3. The zero-order chi connectivity index (χ0) is 22.0. The van der Waals surface area contributed by atoms with Crippen LogP contribution in [0.2, 0.25) is 0 Å². The normalized spacial score (nSPS) is 21.7. The van der Waals surface area contributed by atoms with Crippen molar-refractivity contribution < 1.29 is 33.6 Å². The predicted molar refractivity (Wildman–Crippen MR) is 113 cm³/mol. The summed E-state index contributed by atoms with van der Waals surface area (Å²) in [4.78, 5) is 13.4. The van der Waals surface area contributed by atoms with Crippen molar-refractivity contribution in [3.63, 3.8) is 0 Å². The summed E-state index contributed by atoms with van der Waals surface area (Å²) in [6.07, 6.45) is 1.07. The van der Waals surface area contributed by atoms with Crippen molar-refractivity contribution in [3.05, 3.63) is 41.5 Å². The van der Waals surface area contributed by atoms with Gasteiger partial charge < -0.3 is 34.1 Å². The van der Waals surface area contributed by atoms with Crippen molar-refractivity contribution in [3.8, 4) is 28.7 Å². The van der Waals surface area contributed by atoms with Crippen molar-refractivity contribution in [1.29, 1.82) is 0 Å². The number of ether oxygens (including phenoxy) is 5. The molecule has 2 aromatic carbocycles. The van der Waals surface area contributed by atoms with Gasteiger partial charge in [-0.2, -0.15) is 0 Å². The highest BCUT2D eigenvalue weighted by Gasteiger charge is 2.43. The summed E-state index contributed by atoms with van der Waals surface area (Å²) in [6.45, 7) is 0.779. The first-order valence-electron chi connectivity index (χ1n) is 10.1. The monoisotopic (exact) mass is 429 g/mol. The Kier molecular flexibility index (Phi) is 5.93. The first-order valence-corrected chi connectivity index (χ1v) is 10.1. The summed E-state index contributed by atoms with van der Waals surface area (Å²) in [6, 6.07) is 8.73. The molecule has 2 aromatic rings. The van der Waals surface area contributed by atoms with Gasteiger partial charge >= 0.3 is 0 Å². The molecule has 2 aliphatic heterocycles. The average molecular weight is 429 g/mol. The van der Waals surface area contributed by atoms with E-state index in [-0.39, 0.29) is 19.2 Å². The molecule has 1 saturated heterocycles. The molecule has 0 aliphatic carbocycles. The number of hydrogen-bond acceptors (Lipinski definition) is 8. The molecule has 0 radical (unpaired) electrons. The number of aliphatic hydroxyl groups is 1. The lowest BCUT2D eigenvalue weighted by Gasteiger charge is -2.28. The fourth-order valence-corrected chi connectivity index (χ4v) is 4.46. The van der Waals surface area contributed by atoms with E-state index in [0.717, 1.165) is 5.56 Å². The lowest BCUT2D eigenvalue weighted by Crippen LogP contribution is -2.31. The van der Waals surface area contributed by atoms with Crippen molar-refractivity contribution in [2.45, 2.75) is 24.3 Å². The summed E-state index contributed by atoms with van der Waals surface area (Å²) in [5, 5.41) is 13.1. The molecule has 2 heterocycles. The van der Waals surface area contributed by atoms with Gasteiger partial charge in [0.15, 0.2) is 28.8 Å². The van der Waals surface area contributed by atoms with Crippen molar-refractivity contribution in [2.75, 3.05) is 41.3 Å². The van der Waals surface area contributed by atoms with Crippen molar-refractivity contribution in [2.24, 2.45) is 0 Å². The Morgan fingerprint density at radius 2 is 1.81 bits per heavy atom. The number of carbonyl (C=O) groups is 1. The number of fused-ring (bicyclic) bond motifs is 1. The van der Waals surface area contributed by atoms with E-state index in [4.69, 9.17) is 23.7 Å². The lowest BCUT2D eigenvalue weighted by molar-refractivity contribution is 0.0947. The van der Waals surface area contributed by atoms with Crippen LogP contribution in [-0.2, 0) is 5.41 Å². The van der Waals surface area contributed by atoms with E-state index >= 15 is 0 Å². The fraction of sp³-hybridized carbons (Fsp3) is 0.435. The molecule has 8 nitrogen and oxygen atoms in total. The zero-order valence-corrected chi connectivity index (χ0v) is 17.9. The molecular formula is C23H27NO7. The van der Waals surface area contributed by atoms with Crippen LogP contribution in [0.1, 0.15) is 28.8 Å². The number of Topliss-reactive ketones (excluding diaryl/α,β-unsaturated/α-hetero) is 1. The maximum atomic E-state index is 13.4. The second-order valence-corrected chi connectivity index (χ2v) is 7.74. The topological polar surface area (TPSA) is 95.5 Å². The van der Waals surface area contributed by atoms with Crippen LogP contribution in [0.4, 0.5) is 0 Å². The Morgan fingerprint density at radius 3 is 2.45 bits per heavy atom. The minimum atomic E-state index is -0.417. The largest absolute Gasteiger partial charge is 0.493 e. The minimum absolute atomic E-state index is 0.0151. The highest BCUT2D eigenvalue weighted by atomic mass is 16.7. The van der Waals surface area contributed by atoms with E-state index in [9.17, 15) is 9.90 Å². The fourth-order valence-electron chi connectivity index (χ4n) is 4.46. The number of hydrogen-bond donors (Lipinski definition) is 2. The molecular weight excluding hydrogens is 402 g/mol. The van der Waals surface area contributed by atoms with Crippen LogP contribution in [0.3, 0.4) is 0 Å². The summed E-state index contributed by atoms with van der Waals surface area (Å²) in [5.41, 5.74) is 1.09. The van der Waals surface area contributed by atoms with Gasteiger partial charge in [-0.05, 0) is 42.7 Å². The Bertz CT molecular complexity index is 951. The third kappa shape index (κ3) is 3.77. The molecule has 1 fully saturated rings. The van der Waals surface area contributed by atoms with Crippen LogP contribution in [0.15, 0.2) is 30.3 Å². The minimum Gasteiger partial charge on any atom is -0.493 e. The molecule has 31 heavy (non-hydrogen) atoms. The number of rotatable bonds is 8. The van der Waals surface area contributed by atoms with Gasteiger partial charge in [0, 0.05) is 24.1 Å². The number of ketones is 1. The predicted octanol–water partition coefficient (Wildman–Crippen LogP) is 2.31. The number of nitrogens with one attached hydrogen (secondary N) is 1. The van der Waals surface area contributed by atoms with Gasteiger partial charge in [0.05, 0.1) is 27.4 Å². The second kappa shape index (κ2) is 8.64. The molecule has 0 amide bonds. The maximum Gasteiger partial charge on any atom is 0.231 e. The Balaban J connectivity index is 1.63. The van der Waals surface area contributed by atoms with Crippen LogP contribution in [-0.4, -0.2) is 58.2 Å². The smallest absolute Gasteiger partial charge is 0.231 e. The highest BCUT2D eigenvalue weighted by Crippen LogP contribution is 2.43. The Labute approximate surface area is 181 Å². The number of aliphatic hydroxyl groups excluding tert-OH is 1. The molecule has 2 N–H and O–H groups in total. The molecule has 0 saturated carbocycles. The Morgan fingerprint density at radius 1 is 1.10 bits per heavy atom. The van der Waals surface area contributed by atoms with E-state index in [2.05, 4.69) is 5.32 Å².